The minimum atomic E-state index is -0.107. The largest absolute Gasteiger partial charge is 0.496 e. The van der Waals surface area contributed by atoms with Crippen molar-refractivity contribution in [2.75, 3.05) is 38.2 Å². The van der Waals surface area contributed by atoms with Gasteiger partial charge in [0.2, 0.25) is 0 Å². The summed E-state index contributed by atoms with van der Waals surface area (Å²) in [6.07, 6.45) is 0. The molecular formula is C35H38N4O3. The molecule has 3 aromatic carbocycles. The van der Waals surface area contributed by atoms with E-state index in [-0.39, 0.29) is 11.8 Å². The van der Waals surface area contributed by atoms with Crippen molar-refractivity contribution in [3.8, 4) is 16.9 Å². The van der Waals surface area contributed by atoms with E-state index < -0.39 is 0 Å². The first-order chi connectivity index (χ1) is 20.4. The van der Waals surface area contributed by atoms with Gasteiger partial charge in [-0.25, -0.2) is 0 Å². The van der Waals surface area contributed by atoms with Crippen LogP contribution in [0.1, 0.15) is 51.5 Å². The normalized spacial score (nSPS) is 15.3. The fourth-order valence-electron chi connectivity index (χ4n) is 6.21. The molecule has 3 heterocycles. The van der Waals surface area contributed by atoms with Gasteiger partial charge in [-0.3, -0.25) is 14.5 Å². The SMILES string of the molecule is COc1cc(C(=O)N2Cc3ccc(C(=O)N4CCN(C(C)C)CC4)n3Cc3ccccc32)ccc1-c1ccccc1C. The van der Waals surface area contributed by atoms with Gasteiger partial charge in [0.05, 0.1) is 20.2 Å². The van der Waals surface area contributed by atoms with Crippen molar-refractivity contribution in [2.45, 2.75) is 39.9 Å². The van der Waals surface area contributed by atoms with Crippen LogP contribution in [0.4, 0.5) is 5.69 Å². The summed E-state index contributed by atoms with van der Waals surface area (Å²) >= 11 is 0. The number of para-hydroxylation sites is 1. The molecule has 7 heteroatoms. The van der Waals surface area contributed by atoms with E-state index in [2.05, 4.69) is 42.4 Å². The summed E-state index contributed by atoms with van der Waals surface area (Å²) in [4.78, 5) is 34.1. The summed E-state index contributed by atoms with van der Waals surface area (Å²) in [5.41, 5.74) is 7.20. The molecule has 7 nitrogen and oxygen atoms in total. The van der Waals surface area contributed by atoms with Crippen molar-refractivity contribution >= 4 is 17.5 Å². The summed E-state index contributed by atoms with van der Waals surface area (Å²) in [5, 5.41) is 0. The minimum Gasteiger partial charge on any atom is -0.496 e. The molecule has 1 aromatic heterocycles. The zero-order chi connectivity index (χ0) is 29.4. The van der Waals surface area contributed by atoms with Crippen LogP contribution in [0.25, 0.3) is 11.1 Å². The first kappa shape index (κ1) is 27.8. The quantitative estimate of drug-likeness (QED) is 0.306. The lowest BCUT2D eigenvalue weighted by Crippen LogP contribution is -2.51. The Morgan fingerprint density at radius 3 is 2.26 bits per heavy atom. The molecule has 0 unspecified atom stereocenters. The topological polar surface area (TPSA) is 58.0 Å². The predicted molar refractivity (Wildman–Crippen MR) is 166 cm³/mol. The lowest BCUT2D eigenvalue weighted by molar-refractivity contribution is 0.0585. The summed E-state index contributed by atoms with van der Waals surface area (Å²) in [5.74, 6) is 0.606. The lowest BCUT2D eigenvalue weighted by Gasteiger charge is -2.37. The number of carbonyl (C=O) groups excluding carboxylic acids is 2. The average Bonchev–Trinajstić information content (AvgIpc) is 3.33. The van der Waals surface area contributed by atoms with E-state index in [1.165, 1.54) is 0 Å². The number of hydrogen-bond acceptors (Lipinski definition) is 4. The van der Waals surface area contributed by atoms with Crippen LogP contribution in [0.2, 0.25) is 0 Å². The van der Waals surface area contributed by atoms with Crippen molar-refractivity contribution in [3.05, 3.63) is 107 Å². The van der Waals surface area contributed by atoms with Gasteiger partial charge in [0.1, 0.15) is 11.4 Å². The highest BCUT2D eigenvalue weighted by Crippen LogP contribution is 2.35. The van der Waals surface area contributed by atoms with E-state index in [0.717, 1.165) is 59.8 Å². The number of carbonyl (C=O) groups is 2. The molecule has 0 atom stereocenters. The van der Waals surface area contributed by atoms with Gasteiger partial charge in [-0.2, -0.15) is 0 Å². The Hall–Kier alpha value is -4.36. The number of nitrogens with zero attached hydrogens (tertiary/aromatic N) is 4. The van der Waals surface area contributed by atoms with Gasteiger partial charge in [-0.15, -0.1) is 0 Å². The summed E-state index contributed by atoms with van der Waals surface area (Å²) in [6, 6.07) is 26.2. The molecule has 2 aliphatic heterocycles. The van der Waals surface area contributed by atoms with E-state index in [1.807, 2.05) is 76.5 Å². The van der Waals surface area contributed by atoms with Crippen LogP contribution in [-0.2, 0) is 13.1 Å². The Morgan fingerprint density at radius 1 is 0.786 bits per heavy atom. The van der Waals surface area contributed by atoms with Gasteiger partial charge in [0, 0.05) is 54.7 Å². The third-order valence-corrected chi connectivity index (χ3v) is 8.68. The maximum absolute atomic E-state index is 14.2. The van der Waals surface area contributed by atoms with Crippen LogP contribution in [0, 0.1) is 6.92 Å². The van der Waals surface area contributed by atoms with Crippen molar-refractivity contribution in [1.82, 2.24) is 14.4 Å². The molecular weight excluding hydrogens is 524 g/mol. The van der Waals surface area contributed by atoms with Crippen LogP contribution in [0.5, 0.6) is 5.75 Å². The molecule has 6 rings (SSSR count). The second-order valence-electron chi connectivity index (χ2n) is 11.5. The van der Waals surface area contributed by atoms with Crippen LogP contribution >= 0.6 is 0 Å². The van der Waals surface area contributed by atoms with E-state index in [4.69, 9.17) is 4.74 Å². The Balaban J connectivity index is 1.31. The van der Waals surface area contributed by atoms with Crippen molar-refractivity contribution in [2.24, 2.45) is 0 Å². The number of methoxy groups -OCH3 is 1. The van der Waals surface area contributed by atoms with E-state index in [1.54, 1.807) is 7.11 Å². The fourth-order valence-corrected chi connectivity index (χ4v) is 6.21. The Labute approximate surface area is 247 Å². The number of benzene rings is 3. The molecule has 2 amide bonds. The molecule has 0 saturated carbocycles. The first-order valence-electron chi connectivity index (χ1n) is 14.7. The van der Waals surface area contributed by atoms with Crippen LogP contribution in [0.3, 0.4) is 0 Å². The summed E-state index contributed by atoms with van der Waals surface area (Å²) in [7, 11) is 1.64. The molecule has 0 bridgehead atoms. The molecule has 0 N–H and O–H groups in total. The zero-order valence-electron chi connectivity index (χ0n) is 24.8. The summed E-state index contributed by atoms with van der Waals surface area (Å²) in [6.45, 7) is 10.6. The number of rotatable bonds is 5. The maximum Gasteiger partial charge on any atom is 0.270 e. The van der Waals surface area contributed by atoms with Gasteiger partial charge < -0.3 is 19.1 Å². The molecule has 42 heavy (non-hydrogen) atoms. The van der Waals surface area contributed by atoms with Gasteiger partial charge in [0.15, 0.2) is 0 Å². The van der Waals surface area contributed by atoms with Gasteiger partial charge in [0.25, 0.3) is 11.8 Å². The van der Waals surface area contributed by atoms with Crippen molar-refractivity contribution < 1.29 is 14.3 Å². The van der Waals surface area contributed by atoms with Crippen LogP contribution in [-0.4, -0.2) is 65.5 Å². The van der Waals surface area contributed by atoms with Gasteiger partial charge in [-0.05, 0) is 73.9 Å². The van der Waals surface area contributed by atoms with Gasteiger partial charge in [-0.1, -0.05) is 42.5 Å². The number of aromatic nitrogens is 1. The van der Waals surface area contributed by atoms with Crippen LogP contribution < -0.4 is 9.64 Å². The summed E-state index contributed by atoms with van der Waals surface area (Å²) < 4.78 is 7.86. The van der Waals surface area contributed by atoms with E-state index >= 15 is 0 Å². The molecule has 0 aliphatic carbocycles. The average molecular weight is 563 g/mol. The predicted octanol–water partition coefficient (Wildman–Crippen LogP) is 5.85. The number of hydrogen-bond donors (Lipinski definition) is 0. The van der Waals surface area contributed by atoms with Crippen molar-refractivity contribution in [3.63, 3.8) is 0 Å². The van der Waals surface area contributed by atoms with Crippen LogP contribution in [0.15, 0.2) is 78.9 Å². The highest BCUT2D eigenvalue weighted by atomic mass is 16.5. The second kappa shape index (κ2) is 11.5. The number of amides is 2. The Morgan fingerprint density at radius 2 is 1.52 bits per heavy atom. The Kier molecular flexibility index (Phi) is 7.60. The number of anilines is 1. The minimum absolute atomic E-state index is 0.0541. The second-order valence-corrected chi connectivity index (χ2v) is 11.5. The molecule has 0 radical (unpaired) electrons. The third kappa shape index (κ3) is 5.09. The highest BCUT2D eigenvalue weighted by molar-refractivity contribution is 6.07. The molecule has 1 fully saturated rings. The molecule has 0 spiro atoms. The zero-order valence-corrected chi connectivity index (χ0v) is 24.8. The fraction of sp³-hybridized carbons (Fsp3) is 0.314. The molecule has 4 aromatic rings. The van der Waals surface area contributed by atoms with Crippen molar-refractivity contribution in [1.29, 1.82) is 0 Å². The molecule has 216 valence electrons. The molecule has 2 aliphatic rings. The number of aryl methyl sites for hydroxylation is 1. The van der Waals surface area contributed by atoms with Gasteiger partial charge >= 0.3 is 0 Å². The standard InChI is InChI=1S/C35H38N4O3/c1-24(2)36-17-19-37(20-18-36)35(41)32-16-14-28-23-39(31-12-8-6-10-27(31)22-38(28)32)34(40)26-13-15-30(33(21-26)42-4)29-11-7-5-9-25(29)3/h5-16,21,24H,17-20,22-23H2,1-4H3. The highest BCUT2D eigenvalue weighted by Gasteiger charge is 2.30. The monoisotopic (exact) mass is 562 g/mol. The van der Waals surface area contributed by atoms with E-state index in [9.17, 15) is 9.59 Å². The third-order valence-electron chi connectivity index (χ3n) is 8.68. The smallest absolute Gasteiger partial charge is 0.270 e. The number of fused-ring (bicyclic) bond motifs is 2. The Bertz CT molecular complexity index is 1630. The number of ether oxygens (including phenoxy) is 1. The first-order valence-corrected chi connectivity index (χ1v) is 14.7. The maximum atomic E-state index is 14.2. The van der Waals surface area contributed by atoms with E-state index in [0.29, 0.717) is 36.1 Å². The lowest BCUT2D eigenvalue weighted by atomic mass is 9.98. The number of piperazine rings is 1. The molecule has 1 saturated heterocycles.